The maximum Gasteiger partial charge on any atom is 0.387 e. The van der Waals surface area contributed by atoms with Crippen LogP contribution in [0.15, 0.2) is 29.6 Å². The minimum atomic E-state index is -2.85. The fourth-order valence-electron chi connectivity index (χ4n) is 3.00. The van der Waals surface area contributed by atoms with Gasteiger partial charge in [-0.15, -0.1) is 23.7 Å². The smallest absolute Gasteiger partial charge is 0.387 e. The molecule has 1 aromatic carbocycles. The van der Waals surface area contributed by atoms with Gasteiger partial charge in [0.05, 0.1) is 5.69 Å². The Balaban J connectivity index is 0.00000243. The summed E-state index contributed by atoms with van der Waals surface area (Å²) in [5, 5.41) is 5.12. The summed E-state index contributed by atoms with van der Waals surface area (Å²) < 4.78 is 28.6. The molecule has 1 fully saturated rings. The molecule has 142 valence electrons. The monoisotopic (exact) mass is 403 g/mol. The summed E-state index contributed by atoms with van der Waals surface area (Å²) in [6.45, 7) is -2.85. The third-order valence-corrected chi connectivity index (χ3v) is 5.05. The van der Waals surface area contributed by atoms with Gasteiger partial charge in [0.25, 0.3) is 0 Å². The van der Waals surface area contributed by atoms with E-state index in [0.717, 1.165) is 24.8 Å². The Hall–Kier alpha value is -1.77. The predicted octanol–water partition coefficient (Wildman–Crippen LogP) is 4.29. The van der Waals surface area contributed by atoms with Crippen molar-refractivity contribution >= 4 is 34.8 Å². The van der Waals surface area contributed by atoms with Gasteiger partial charge >= 0.3 is 6.61 Å². The Morgan fingerprint density at radius 2 is 2.08 bits per heavy atom. The molecule has 3 rings (SSSR count). The highest BCUT2D eigenvalue weighted by molar-refractivity contribution is 7.14. The summed E-state index contributed by atoms with van der Waals surface area (Å²) in [5.41, 5.74) is 7.42. The minimum Gasteiger partial charge on any atom is -0.435 e. The van der Waals surface area contributed by atoms with E-state index in [9.17, 15) is 13.6 Å². The Bertz CT molecular complexity index is 727. The molecule has 1 saturated carbocycles. The molecule has 9 heteroatoms. The number of halogens is 3. The molecular weight excluding hydrogens is 384 g/mol. The van der Waals surface area contributed by atoms with Crippen molar-refractivity contribution in [2.75, 3.05) is 5.32 Å². The summed E-state index contributed by atoms with van der Waals surface area (Å²) in [6, 6.07) is 6.32. The highest BCUT2D eigenvalue weighted by atomic mass is 35.5. The third-order valence-electron chi connectivity index (χ3n) is 4.29. The molecule has 5 nitrogen and oxygen atoms in total. The number of nitrogens with one attached hydrogen (secondary N) is 1. The molecule has 2 atom stereocenters. The molecule has 0 aliphatic heterocycles. The van der Waals surface area contributed by atoms with Crippen LogP contribution in [0.1, 0.15) is 25.7 Å². The molecule has 1 aromatic heterocycles. The molecule has 1 amide bonds. The average molecular weight is 404 g/mol. The van der Waals surface area contributed by atoms with Gasteiger partial charge in [-0.1, -0.05) is 6.42 Å². The van der Waals surface area contributed by atoms with Gasteiger partial charge in [-0.25, -0.2) is 4.98 Å². The Kier molecular flexibility index (Phi) is 7.31. The zero-order chi connectivity index (χ0) is 17.8. The highest BCUT2D eigenvalue weighted by Gasteiger charge is 2.26. The Morgan fingerprint density at radius 1 is 1.35 bits per heavy atom. The van der Waals surface area contributed by atoms with Gasteiger partial charge in [-0.3, -0.25) is 4.79 Å². The lowest BCUT2D eigenvalue weighted by Crippen LogP contribution is -2.28. The van der Waals surface area contributed by atoms with Gasteiger partial charge in [0.1, 0.15) is 5.75 Å². The second-order valence-electron chi connectivity index (χ2n) is 6.05. The number of rotatable bonds is 6. The lowest BCUT2D eigenvalue weighted by Gasteiger charge is -2.13. The molecule has 2 aromatic rings. The number of hydrogen-bond acceptors (Lipinski definition) is 5. The largest absolute Gasteiger partial charge is 0.435 e. The van der Waals surface area contributed by atoms with Gasteiger partial charge in [-0.05, 0) is 43.0 Å². The van der Waals surface area contributed by atoms with Crippen molar-refractivity contribution in [1.29, 1.82) is 0 Å². The third kappa shape index (κ3) is 5.36. The summed E-state index contributed by atoms with van der Waals surface area (Å²) >= 11 is 1.32. The van der Waals surface area contributed by atoms with Crippen LogP contribution in [0.4, 0.5) is 13.9 Å². The first-order valence-corrected chi connectivity index (χ1v) is 8.95. The van der Waals surface area contributed by atoms with E-state index in [1.54, 1.807) is 17.5 Å². The molecule has 26 heavy (non-hydrogen) atoms. The van der Waals surface area contributed by atoms with E-state index in [1.165, 1.54) is 23.5 Å². The average Bonchev–Trinajstić information content (AvgIpc) is 3.17. The molecule has 0 radical (unpaired) electrons. The van der Waals surface area contributed by atoms with Crippen molar-refractivity contribution in [2.24, 2.45) is 11.7 Å². The lowest BCUT2D eigenvalue weighted by molar-refractivity contribution is -0.117. The first-order chi connectivity index (χ1) is 12.0. The zero-order valence-corrected chi connectivity index (χ0v) is 15.5. The first kappa shape index (κ1) is 20.5. The van der Waals surface area contributed by atoms with Crippen LogP contribution in [0.2, 0.25) is 0 Å². The fraction of sp³-hybridized carbons (Fsp3) is 0.412. The SMILES string of the molecule is Cl.N[C@@H]1CCC[C@H]1CC(=O)Nc1nc(-c2ccc(OC(F)F)cc2)cs1. The molecule has 0 spiro atoms. The number of carbonyl (C=O) groups excluding carboxylic acids is 1. The Morgan fingerprint density at radius 3 is 2.69 bits per heavy atom. The van der Waals surface area contributed by atoms with Gasteiger partial charge in [0, 0.05) is 23.4 Å². The van der Waals surface area contributed by atoms with E-state index in [1.807, 2.05) is 0 Å². The number of hydrogen-bond donors (Lipinski definition) is 2. The highest BCUT2D eigenvalue weighted by Crippen LogP contribution is 2.29. The lowest BCUT2D eigenvalue weighted by atomic mass is 10.00. The van der Waals surface area contributed by atoms with E-state index in [2.05, 4.69) is 15.0 Å². The number of nitrogens with zero attached hydrogens (tertiary/aromatic N) is 1. The number of benzene rings is 1. The standard InChI is InChI=1S/C17H19F2N3O2S.ClH/c18-16(19)24-12-6-4-10(5-7-12)14-9-25-17(21-14)22-15(23)8-11-2-1-3-13(11)20;/h4-7,9,11,13,16H,1-3,8,20H2,(H,21,22,23);1H/t11-,13+;/m0./s1. The fourth-order valence-corrected chi connectivity index (χ4v) is 3.73. The van der Waals surface area contributed by atoms with Crippen molar-refractivity contribution in [3.63, 3.8) is 0 Å². The predicted molar refractivity (Wildman–Crippen MR) is 100.0 cm³/mol. The van der Waals surface area contributed by atoms with Crippen LogP contribution in [-0.4, -0.2) is 23.5 Å². The summed E-state index contributed by atoms with van der Waals surface area (Å²) in [4.78, 5) is 16.5. The second kappa shape index (κ2) is 9.25. The van der Waals surface area contributed by atoms with Crippen LogP contribution in [0, 0.1) is 5.92 Å². The van der Waals surface area contributed by atoms with Crippen LogP contribution in [0.25, 0.3) is 11.3 Å². The number of nitrogens with two attached hydrogens (primary N) is 1. The van der Waals surface area contributed by atoms with Gasteiger partial charge in [0.2, 0.25) is 5.91 Å². The zero-order valence-electron chi connectivity index (χ0n) is 13.9. The van der Waals surface area contributed by atoms with Crippen molar-refractivity contribution < 1.29 is 18.3 Å². The van der Waals surface area contributed by atoms with Crippen LogP contribution in [0.3, 0.4) is 0 Å². The summed E-state index contributed by atoms with van der Waals surface area (Å²) in [6.07, 6.45) is 3.46. The van der Waals surface area contributed by atoms with Crippen LogP contribution < -0.4 is 15.8 Å². The van der Waals surface area contributed by atoms with Crippen molar-refractivity contribution in [3.05, 3.63) is 29.6 Å². The molecule has 0 saturated heterocycles. The number of alkyl halides is 2. The van der Waals surface area contributed by atoms with E-state index in [0.29, 0.717) is 17.2 Å². The molecule has 3 N–H and O–H groups in total. The number of aromatic nitrogens is 1. The molecule has 0 unspecified atom stereocenters. The summed E-state index contributed by atoms with van der Waals surface area (Å²) in [5.74, 6) is 0.251. The van der Waals surface area contributed by atoms with Gasteiger partial charge in [0.15, 0.2) is 5.13 Å². The molecule has 0 bridgehead atoms. The minimum absolute atomic E-state index is 0. The molecule has 1 aliphatic rings. The number of thiazole rings is 1. The maximum atomic E-state index is 12.2. The van der Waals surface area contributed by atoms with Crippen molar-refractivity contribution in [3.8, 4) is 17.0 Å². The van der Waals surface area contributed by atoms with E-state index in [-0.39, 0.29) is 36.0 Å². The number of ether oxygens (including phenoxy) is 1. The molecule has 1 heterocycles. The maximum absolute atomic E-state index is 12.2. The van der Waals surface area contributed by atoms with Crippen LogP contribution in [-0.2, 0) is 4.79 Å². The second-order valence-corrected chi connectivity index (χ2v) is 6.91. The topological polar surface area (TPSA) is 77.2 Å². The van der Waals surface area contributed by atoms with Crippen LogP contribution in [0.5, 0.6) is 5.75 Å². The summed E-state index contributed by atoms with van der Waals surface area (Å²) in [7, 11) is 0. The first-order valence-electron chi connectivity index (χ1n) is 8.07. The van der Waals surface area contributed by atoms with Crippen molar-refractivity contribution in [2.45, 2.75) is 38.3 Å². The number of carbonyl (C=O) groups is 1. The van der Waals surface area contributed by atoms with Crippen molar-refractivity contribution in [1.82, 2.24) is 4.98 Å². The number of amides is 1. The van der Waals surface area contributed by atoms with Crippen LogP contribution >= 0.6 is 23.7 Å². The van der Waals surface area contributed by atoms with Gasteiger partial charge < -0.3 is 15.8 Å². The molecular formula is C17H20ClF2N3O2S. The molecule has 1 aliphatic carbocycles. The quantitative estimate of drug-likeness (QED) is 0.754. The number of anilines is 1. The van der Waals surface area contributed by atoms with E-state index in [4.69, 9.17) is 5.73 Å². The Labute approximate surface area is 160 Å². The van der Waals surface area contributed by atoms with Gasteiger partial charge in [-0.2, -0.15) is 8.78 Å². The van der Waals surface area contributed by atoms with E-state index < -0.39 is 6.61 Å². The normalized spacial score (nSPS) is 19.2. The van der Waals surface area contributed by atoms with E-state index >= 15 is 0 Å².